The van der Waals surface area contributed by atoms with Crippen molar-refractivity contribution in [2.75, 3.05) is 18.4 Å². The van der Waals surface area contributed by atoms with Crippen LogP contribution in [0.2, 0.25) is 0 Å². The van der Waals surface area contributed by atoms with Crippen molar-refractivity contribution in [3.05, 3.63) is 22.8 Å². The highest BCUT2D eigenvalue weighted by Crippen LogP contribution is 2.23. The molecule has 1 saturated heterocycles. The number of piperidine rings is 1. The highest BCUT2D eigenvalue weighted by molar-refractivity contribution is 9.10. The highest BCUT2D eigenvalue weighted by atomic mass is 79.9. The lowest BCUT2D eigenvalue weighted by molar-refractivity contribution is -0.117. The van der Waals surface area contributed by atoms with Gasteiger partial charge in [-0.15, -0.1) is 0 Å². The van der Waals surface area contributed by atoms with Crippen molar-refractivity contribution in [2.45, 2.75) is 26.2 Å². The van der Waals surface area contributed by atoms with Gasteiger partial charge in [0.1, 0.15) is 5.82 Å². The fourth-order valence-electron chi connectivity index (χ4n) is 2.47. The van der Waals surface area contributed by atoms with Gasteiger partial charge in [0.25, 0.3) is 0 Å². The van der Waals surface area contributed by atoms with E-state index in [1.165, 1.54) is 12.8 Å². The molecule has 0 saturated carbocycles. The zero-order valence-electron chi connectivity index (χ0n) is 11.2. The van der Waals surface area contributed by atoms with Gasteiger partial charge < -0.3 is 10.6 Å². The van der Waals surface area contributed by atoms with E-state index in [4.69, 9.17) is 0 Å². The summed E-state index contributed by atoms with van der Waals surface area (Å²) in [6.45, 7) is 4.30. The maximum absolute atomic E-state index is 12.0. The Balaban J connectivity index is 1.81. The third-order valence-electron chi connectivity index (χ3n) is 3.64. The molecule has 1 aromatic heterocycles. The van der Waals surface area contributed by atoms with Gasteiger partial charge in [0.15, 0.2) is 0 Å². The van der Waals surface area contributed by atoms with Crippen LogP contribution in [0.15, 0.2) is 22.8 Å². The van der Waals surface area contributed by atoms with Crippen LogP contribution >= 0.6 is 15.9 Å². The van der Waals surface area contributed by atoms with E-state index in [9.17, 15) is 4.79 Å². The first kappa shape index (κ1) is 14.5. The average Bonchev–Trinajstić information content (AvgIpc) is 2.42. The lowest BCUT2D eigenvalue weighted by Crippen LogP contribution is -2.34. The van der Waals surface area contributed by atoms with Crippen LogP contribution < -0.4 is 10.6 Å². The van der Waals surface area contributed by atoms with Gasteiger partial charge in [-0.25, -0.2) is 4.98 Å². The van der Waals surface area contributed by atoms with E-state index in [-0.39, 0.29) is 5.91 Å². The molecule has 1 amide bonds. The number of amides is 1. The zero-order valence-corrected chi connectivity index (χ0v) is 12.7. The standard InChI is InChI=1S/C14H20BrN3O/c1-10(11-3-2-6-16-8-11)7-14(19)18-13-5-4-12(15)9-17-13/h4-5,9-11,16H,2-3,6-8H2,1H3,(H,17,18,19). The molecule has 0 radical (unpaired) electrons. The summed E-state index contributed by atoms with van der Waals surface area (Å²) in [5.41, 5.74) is 0. The van der Waals surface area contributed by atoms with Gasteiger partial charge in [-0.2, -0.15) is 0 Å². The summed E-state index contributed by atoms with van der Waals surface area (Å²) in [7, 11) is 0. The van der Waals surface area contributed by atoms with E-state index in [1.807, 2.05) is 6.07 Å². The molecule has 1 aliphatic rings. The molecular weight excluding hydrogens is 306 g/mol. The van der Waals surface area contributed by atoms with Crippen LogP contribution in [0, 0.1) is 11.8 Å². The molecule has 2 rings (SSSR count). The molecule has 104 valence electrons. The van der Waals surface area contributed by atoms with Gasteiger partial charge in [-0.1, -0.05) is 6.92 Å². The number of hydrogen-bond acceptors (Lipinski definition) is 3. The van der Waals surface area contributed by atoms with Crippen molar-refractivity contribution in [3.8, 4) is 0 Å². The van der Waals surface area contributed by atoms with Crippen LogP contribution in [-0.2, 0) is 4.79 Å². The lowest BCUT2D eigenvalue weighted by atomic mass is 9.85. The number of carbonyl (C=O) groups is 1. The number of rotatable bonds is 4. The normalized spacial score (nSPS) is 20.8. The number of pyridine rings is 1. The maximum Gasteiger partial charge on any atom is 0.225 e. The number of halogens is 1. The second-order valence-electron chi connectivity index (χ2n) is 5.20. The smallest absolute Gasteiger partial charge is 0.225 e. The van der Waals surface area contributed by atoms with Gasteiger partial charge in [0.05, 0.1) is 0 Å². The Bertz CT molecular complexity index is 415. The van der Waals surface area contributed by atoms with Gasteiger partial charge in [-0.3, -0.25) is 4.79 Å². The average molecular weight is 326 g/mol. The summed E-state index contributed by atoms with van der Waals surface area (Å²) >= 11 is 3.32. The number of anilines is 1. The summed E-state index contributed by atoms with van der Waals surface area (Å²) < 4.78 is 0.909. The number of nitrogens with zero attached hydrogens (tertiary/aromatic N) is 1. The van der Waals surface area contributed by atoms with E-state index in [0.717, 1.165) is 17.6 Å². The molecule has 4 nitrogen and oxygen atoms in total. The first-order chi connectivity index (χ1) is 9.15. The van der Waals surface area contributed by atoms with Gasteiger partial charge in [0, 0.05) is 17.1 Å². The van der Waals surface area contributed by atoms with E-state index < -0.39 is 0 Å². The molecule has 0 bridgehead atoms. The Morgan fingerprint density at radius 2 is 2.47 bits per heavy atom. The fraction of sp³-hybridized carbons (Fsp3) is 0.571. The van der Waals surface area contributed by atoms with Crippen LogP contribution in [0.4, 0.5) is 5.82 Å². The second-order valence-corrected chi connectivity index (χ2v) is 6.11. The number of nitrogens with one attached hydrogen (secondary N) is 2. The fourth-order valence-corrected chi connectivity index (χ4v) is 2.70. The molecule has 0 spiro atoms. The molecule has 1 aliphatic heterocycles. The SMILES string of the molecule is CC(CC(=O)Nc1ccc(Br)cn1)C1CCCNC1. The lowest BCUT2D eigenvalue weighted by Gasteiger charge is -2.27. The van der Waals surface area contributed by atoms with Gasteiger partial charge in [0.2, 0.25) is 5.91 Å². The first-order valence-corrected chi connectivity index (χ1v) is 7.56. The largest absolute Gasteiger partial charge is 0.316 e. The third-order valence-corrected chi connectivity index (χ3v) is 4.11. The van der Waals surface area contributed by atoms with Crippen LogP contribution in [0.5, 0.6) is 0 Å². The monoisotopic (exact) mass is 325 g/mol. The summed E-state index contributed by atoms with van der Waals surface area (Å²) in [6.07, 6.45) is 4.68. The molecule has 2 heterocycles. The predicted molar refractivity (Wildman–Crippen MR) is 79.9 cm³/mol. The molecule has 0 aromatic carbocycles. The van der Waals surface area contributed by atoms with Crippen molar-refractivity contribution in [1.82, 2.24) is 10.3 Å². The Kier molecular flexibility index (Phi) is 5.34. The summed E-state index contributed by atoms with van der Waals surface area (Å²) in [4.78, 5) is 16.1. The van der Waals surface area contributed by atoms with E-state index in [1.54, 1.807) is 12.3 Å². The predicted octanol–water partition coefficient (Wildman–Crippen LogP) is 2.81. The zero-order chi connectivity index (χ0) is 13.7. The summed E-state index contributed by atoms with van der Waals surface area (Å²) in [5, 5.41) is 6.24. The minimum absolute atomic E-state index is 0.0490. The highest BCUT2D eigenvalue weighted by Gasteiger charge is 2.22. The molecule has 0 aliphatic carbocycles. The molecule has 1 fully saturated rings. The van der Waals surface area contributed by atoms with Gasteiger partial charge in [-0.05, 0) is 65.8 Å². The van der Waals surface area contributed by atoms with Crippen LogP contribution in [0.25, 0.3) is 0 Å². The minimum Gasteiger partial charge on any atom is -0.316 e. The summed E-state index contributed by atoms with van der Waals surface area (Å²) in [5.74, 6) is 1.68. The van der Waals surface area contributed by atoms with Crippen molar-refractivity contribution in [1.29, 1.82) is 0 Å². The van der Waals surface area contributed by atoms with Crippen LogP contribution in [-0.4, -0.2) is 24.0 Å². The van der Waals surface area contributed by atoms with Crippen LogP contribution in [0.3, 0.4) is 0 Å². The van der Waals surface area contributed by atoms with E-state index in [2.05, 4.69) is 38.5 Å². The van der Waals surface area contributed by atoms with Gasteiger partial charge >= 0.3 is 0 Å². The minimum atomic E-state index is 0.0490. The number of hydrogen-bond donors (Lipinski definition) is 2. The molecule has 2 unspecified atom stereocenters. The van der Waals surface area contributed by atoms with Crippen molar-refractivity contribution in [2.24, 2.45) is 11.8 Å². The molecular formula is C14H20BrN3O. The number of carbonyl (C=O) groups excluding carboxylic acids is 1. The van der Waals surface area contributed by atoms with Crippen molar-refractivity contribution < 1.29 is 4.79 Å². The number of aromatic nitrogens is 1. The second kappa shape index (κ2) is 7.01. The molecule has 19 heavy (non-hydrogen) atoms. The Hall–Kier alpha value is -0.940. The topological polar surface area (TPSA) is 54.0 Å². The molecule has 5 heteroatoms. The third kappa shape index (κ3) is 4.58. The first-order valence-electron chi connectivity index (χ1n) is 6.77. The van der Waals surface area contributed by atoms with E-state index >= 15 is 0 Å². The summed E-state index contributed by atoms with van der Waals surface area (Å²) in [6, 6.07) is 3.67. The molecule has 2 N–H and O–H groups in total. The van der Waals surface area contributed by atoms with Crippen LogP contribution in [0.1, 0.15) is 26.2 Å². The Morgan fingerprint density at radius 3 is 3.11 bits per heavy atom. The van der Waals surface area contributed by atoms with Crippen molar-refractivity contribution in [3.63, 3.8) is 0 Å². The Labute approximate surface area is 122 Å². The molecule has 2 atom stereocenters. The van der Waals surface area contributed by atoms with Crippen molar-refractivity contribution >= 4 is 27.7 Å². The Morgan fingerprint density at radius 1 is 1.63 bits per heavy atom. The molecule has 1 aromatic rings. The quantitative estimate of drug-likeness (QED) is 0.895. The maximum atomic E-state index is 12.0. The van der Waals surface area contributed by atoms with E-state index in [0.29, 0.717) is 24.1 Å².